The molecule has 0 bridgehead atoms. The van der Waals surface area contributed by atoms with Crippen molar-refractivity contribution in [3.8, 4) is 22.6 Å². The number of halogens is 1. The fourth-order valence-corrected chi connectivity index (χ4v) is 8.03. The number of hydrogen-bond acceptors (Lipinski definition) is 6. The molecule has 2 aromatic heterocycles. The van der Waals surface area contributed by atoms with Crippen LogP contribution in [-0.2, 0) is 28.2 Å². The van der Waals surface area contributed by atoms with Crippen LogP contribution in [-0.4, -0.2) is 46.6 Å². The van der Waals surface area contributed by atoms with Crippen LogP contribution in [0.3, 0.4) is 0 Å². The Bertz CT molecular complexity index is 2190. The lowest BCUT2D eigenvalue weighted by atomic mass is 9.90. The molecular formula is C39H42BrN3O6S. The van der Waals surface area contributed by atoms with Gasteiger partial charge in [-0.15, -0.1) is 0 Å². The van der Waals surface area contributed by atoms with Gasteiger partial charge in [-0.3, -0.25) is 4.79 Å². The van der Waals surface area contributed by atoms with E-state index in [-0.39, 0.29) is 16.5 Å². The van der Waals surface area contributed by atoms with Gasteiger partial charge in [0.15, 0.2) is 0 Å². The number of hydrogen-bond donors (Lipinski definition) is 0. The summed E-state index contributed by atoms with van der Waals surface area (Å²) in [7, 11) is -2.42. The lowest BCUT2D eigenvalue weighted by Crippen LogP contribution is -2.41. The molecular weight excluding hydrogens is 718 g/mol. The minimum absolute atomic E-state index is 0.0661. The number of ether oxygens (including phenoxy) is 2. The maximum Gasteiger partial charge on any atom is 0.410 e. The first-order valence-electron chi connectivity index (χ1n) is 16.8. The van der Waals surface area contributed by atoms with E-state index in [1.807, 2.05) is 62.9 Å². The highest BCUT2D eigenvalue weighted by Gasteiger charge is 2.27. The molecule has 3 aromatic carbocycles. The average molecular weight is 761 g/mol. The number of rotatable bonds is 8. The van der Waals surface area contributed by atoms with Gasteiger partial charge in [0.2, 0.25) is 0 Å². The minimum Gasteiger partial charge on any atom is -0.457 e. The summed E-state index contributed by atoms with van der Waals surface area (Å²) < 4.78 is 42.6. The summed E-state index contributed by atoms with van der Waals surface area (Å²) >= 11 is 3.58. The second-order valence-electron chi connectivity index (χ2n) is 14.0. The van der Waals surface area contributed by atoms with E-state index in [2.05, 4.69) is 28.1 Å². The molecule has 3 heterocycles. The van der Waals surface area contributed by atoms with Crippen molar-refractivity contribution in [1.82, 2.24) is 13.4 Å². The van der Waals surface area contributed by atoms with E-state index in [1.54, 1.807) is 43.6 Å². The first kappa shape index (κ1) is 35.5. The predicted molar refractivity (Wildman–Crippen MR) is 199 cm³/mol. The highest BCUT2D eigenvalue weighted by Crippen LogP contribution is 2.39. The number of carbonyl (C=O) groups is 1. The molecule has 0 N–H and O–H groups in total. The number of fused-ring (bicyclic) bond motifs is 1. The first-order valence-corrected chi connectivity index (χ1v) is 19.0. The Kier molecular flexibility index (Phi) is 10.0. The zero-order chi connectivity index (χ0) is 35.8. The van der Waals surface area contributed by atoms with Crippen molar-refractivity contribution in [2.24, 2.45) is 13.0 Å². The summed E-state index contributed by atoms with van der Waals surface area (Å²) in [5.74, 6) is 1.77. The van der Waals surface area contributed by atoms with E-state index in [1.165, 1.54) is 16.3 Å². The van der Waals surface area contributed by atoms with Crippen LogP contribution < -0.4 is 10.3 Å². The van der Waals surface area contributed by atoms with Crippen LogP contribution in [0.5, 0.6) is 11.5 Å². The van der Waals surface area contributed by atoms with E-state index in [0.29, 0.717) is 33.9 Å². The number of benzene rings is 3. The monoisotopic (exact) mass is 759 g/mol. The van der Waals surface area contributed by atoms with E-state index in [0.717, 1.165) is 52.8 Å². The van der Waals surface area contributed by atoms with E-state index in [9.17, 15) is 18.0 Å². The van der Waals surface area contributed by atoms with Crippen molar-refractivity contribution >= 4 is 42.9 Å². The molecule has 1 fully saturated rings. The van der Waals surface area contributed by atoms with E-state index in [4.69, 9.17) is 9.47 Å². The normalized spacial score (nSPS) is 14.2. The zero-order valence-corrected chi connectivity index (χ0v) is 31.4. The van der Waals surface area contributed by atoms with Gasteiger partial charge >= 0.3 is 6.09 Å². The number of amides is 1. The molecule has 0 saturated carbocycles. The fraction of sp³-hybridized carbons (Fsp3) is 0.333. The molecule has 6 rings (SSSR count). The maximum absolute atomic E-state index is 13.7. The number of piperidine rings is 1. The van der Waals surface area contributed by atoms with E-state index < -0.39 is 21.2 Å². The molecule has 0 spiro atoms. The summed E-state index contributed by atoms with van der Waals surface area (Å²) in [6, 6.07) is 21.9. The Balaban J connectivity index is 1.20. The quantitative estimate of drug-likeness (QED) is 0.157. The summed E-state index contributed by atoms with van der Waals surface area (Å²) in [6.07, 6.45) is 6.82. The molecule has 1 amide bonds. The minimum atomic E-state index is -4.03. The molecule has 0 radical (unpaired) electrons. The van der Waals surface area contributed by atoms with Gasteiger partial charge in [-0.1, -0.05) is 45.8 Å². The Morgan fingerprint density at radius 2 is 1.62 bits per heavy atom. The Labute approximate surface area is 301 Å². The molecule has 1 saturated heterocycles. The van der Waals surface area contributed by atoms with Crippen LogP contribution in [0.25, 0.3) is 22.0 Å². The predicted octanol–water partition coefficient (Wildman–Crippen LogP) is 8.69. The van der Waals surface area contributed by atoms with Gasteiger partial charge in [0, 0.05) is 53.5 Å². The van der Waals surface area contributed by atoms with Gasteiger partial charge in [-0.05, 0) is 113 Å². The topological polar surface area (TPSA) is 99.8 Å². The number of pyridine rings is 1. The molecule has 1 aliphatic rings. The number of aryl methyl sites for hydroxylation is 3. The molecule has 5 aromatic rings. The first-order chi connectivity index (χ1) is 23.7. The highest BCUT2D eigenvalue weighted by molar-refractivity contribution is 9.10. The van der Waals surface area contributed by atoms with Crippen LogP contribution >= 0.6 is 15.9 Å². The largest absolute Gasteiger partial charge is 0.457 e. The van der Waals surface area contributed by atoms with Crippen molar-refractivity contribution in [3.05, 3.63) is 111 Å². The van der Waals surface area contributed by atoms with Crippen molar-refractivity contribution in [2.45, 2.75) is 63.9 Å². The van der Waals surface area contributed by atoms with Gasteiger partial charge in [-0.25, -0.2) is 17.2 Å². The number of aromatic nitrogens is 2. The van der Waals surface area contributed by atoms with Crippen molar-refractivity contribution in [1.29, 1.82) is 0 Å². The molecule has 1 aliphatic heterocycles. The zero-order valence-electron chi connectivity index (χ0n) is 29.0. The van der Waals surface area contributed by atoms with Gasteiger partial charge in [0.05, 0.1) is 4.90 Å². The Hall–Kier alpha value is -4.35. The summed E-state index contributed by atoms with van der Waals surface area (Å²) in [5, 5.41) is 0.499. The van der Waals surface area contributed by atoms with Gasteiger partial charge in [0.25, 0.3) is 15.6 Å². The number of carbonyl (C=O) groups excluding carboxylic acids is 1. The number of nitrogens with zero attached hydrogens (tertiary/aromatic N) is 3. The van der Waals surface area contributed by atoms with Gasteiger partial charge in [0.1, 0.15) is 22.6 Å². The fourth-order valence-electron chi connectivity index (χ4n) is 6.32. The molecule has 0 aliphatic carbocycles. The van der Waals surface area contributed by atoms with Crippen LogP contribution in [0.2, 0.25) is 0 Å². The van der Waals surface area contributed by atoms with Crippen molar-refractivity contribution in [3.63, 3.8) is 0 Å². The lowest BCUT2D eigenvalue weighted by molar-refractivity contribution is 0.0181. The molecule has 0 atom stereocenters. The van der Waals surface area contributed by atoms with Crippen molar-refractivity contribution < 1.29 is 22.7 Å². The molecule has 50 heavy (non-hydrogen) atoms. The molecule has 9 nitrogen and oxygen atoms in total. The Morgan fingerprint density at radius 3 is 2.28 bits per heavy atom. The lowest BCUT2D eigenvalue weighted by Gasteiger charge is -2.33. The SMILES string of the molecule is Cc1ccc(S(=O)(=O)n2ccc3c(-c4cc(Br)ccc4Oc4ccc(CCC5CCN(C(=O)OC(C)(C)C)CC5)cc4)cn(C)c(=O)c32)cc1. The van der Waals surface area contributed by atoms with Crippen LogP contribution in [0.1, 0.15) is 51.2 Å². The van der Waals surface area contributed by atoms with Crippen LogP contribution in [0.15, 0.2) is 99.4 Å². The number of likely N-dealkylation sites (tertiary alicyclic amines) is 1. The second kappa shape index (κ2) is 14.1. The third-order valence-electron chi connectivity index (χ3n) is 9.06. The molecule has 262 valence electrons. The standard InChI is InChI=1S/C39H42BrN3O6S/c1-26-6-15-31(16-7-26)50(46,47)43-23-20-32-34(25-41(5)37(44)36(32)43)33-24-29(40)12-17-35(33)48-30-13-10-27(11-14-30)8-9-28-18-21-42(22-19-28)38(45)49-39(2,3)4/h6-7,10-17,20,23-25,28H,8-9,18-19,21-22H2,1-5H3. The van der Waals surface area contributed by atoms with Gasteiger partial charge in [-0.2, -0.15) is 0 Å². The third kappa shape index (κ3) is 7.68. The Morgan fingerprint density at radius 1 is 0.940 bits per heavy atom. The van der Waals surface area contributed by atoms with Crippen molar-refractivity contribution in [2.75, 3.05) is 13.1 Å². The second-order valence-corrected chi connectivity index (χ2v) is 16.7. The maximum atomic E-state index is 13.7. The van der Waals surface area contributed by atoms with Gasteiger partial charge < -0.3 is 18.9 Å². The van der Waals surface area contributed by atoms with Crippen LogP contribution in [0, 0.1) is 12.8 Å². The average Bonchev–Trinajstić information content (AvgIpc) is 3.53. The van der Waals surface area contributed by atoms with Crippen LogP contribution in [0.4, 0.5) is 4.79 Å². The highest BCUT2D eigenvalue weighted by atomic mass is 79.9. The molecule has 0 unspecified atom stereocenters. The summed E-state index contributed by atoms with van der Waals surface area (Å²) in [4.78, 5) is 27.8. The summed E-state index contributed by atoms with van der Waals surface area (Å²) in [5.41, 5.74) is 2.65. The smallest absolute Gasteiger partial charge is 0.410 e. The molecule has 11 heteroatoms. The third-order valence-corrected chi connectivity index (χ3v) is 11.2. The summed E-state index contributed by atoms with van der Waals surface area (Å²) in [6.45, 7) is 8.99. The van der Waals surface area contributed by atoms with E-state index >= 15 is 0 Å².